The molecule has 2 aromatic rings. The van der Waals surface area contributed by atoms with Gasteiger partial charge in [-0.05, 0) is 42.7 Å². The number of alkyl halides is 3. The molecule has 1 amide bonds. The maximum Gasteiger partial charge on any atom is 0.416 e. The van der Waals surface area contributed by atoms with Crippen LogP contribution in [0.2, 0.25) is 0 Å². The number of benzene rings is 2. The molecule has 37 heavy (non-hydrogen) atoms. The first-order chi connectivity index (χ1) is 17.3. The molecule has 2 aliphatic rings. The van der Waals surface area contributed by atoms with Crippen molar-refractivity contribution in [3.63, 3.8) is 0 Å². The van der Waals surface area contributed by atoms with Gasteiger partial charge in [0, 0.05) is 31.6 Å². The molecule has 1 heterocycles. The number of nitro benzene ring substituents is 1. The number of rotatable bonds is 7. The van der Waals surface area contributed by atoms with E-state index in [-0.39, 0.29) is 42.9 Å². The summed E-state index contributed by atoms with van der Waals surface area (Å²) in [6.07, 6.45) is -4.23. The fourth-order valence-corrected chi connectivity index (χ4v) is 6.27. The van der Waals surface area contributed by atoms with Crippen molar-refractivity contribution in [1.29, 1.82) is 0 Å². The van der Waals surface area contributed by atoms with E-state index in [1.54, 1.807) is 0 Å². The summed E-state index contributed by atoms with van der Waals surface area (Å²) in [5.74, 6) is -1.39. The molecule has 1 saturated carbocycles. The first-order valence-corrected chi connectivity index (χ1v) is 12.6. The Labute approximate surface area is 209 Å². The number of esters is 1. The van der Waals surface area contributed by atoms with Gasteiger partial charge in [-0.1, -0.05) is 12.1 Å². The van der Waals surface area contributed by atoms with Gasteiger partial charge in [0.05, 0.1) is 22.5 Å². The van der Waals surface area contributed by atoms with Crippen molar-refractivity contribution in [3.8, 4) is 0 Å². The number of sulfonamides is 1. The number of non-ortho nitro benzene ring substituents is 1. The van der Waals surface area contributed by atoms with E-state index in [1.807, 2.05) is 0 Å². The number of carbonyl (C=O) groups is 2. The average molecular weight is 542 g/mol. The highest BCUT2D eigenvalue weighted by Crippen LogP contribution is 2.48. The summed E-state index contributed by atoms with van der Waals surface area (Å²) >= 11 is 0. The lowest BCUT2D eigenvalue weighted by molar-refractivity contribution is -0.384. The zero-order valence-corrected chi connectivity index (χ0v) is 20.3. The fourth-order valence-electron chi connectivity index (χ4n) is 4.49. The minimum absolute atomic E-state index is 0.123. The van der Waals surface area contributed by atoms with Gasteiger partial charge in [-0.2, -0.15) is 17.5 Å². The van der Waals surface area contributed by atoms with Crippen molar-refractivity contribution in [2.45, 2.75) is 41.9 Å². The van der Waals surface area contributed by atoms with Crippen molar-refractivity contribution in [3.05, 3.63) is 69.8 Å². The van der Waals surface area contributed by atoms with Gasteiger partial charge in [0.1, 0.15) is 11.6 Å². The molecular weight excluding hydrogens is 519 g/mol. The number of nitro groups is 1. The average Bonchev–Trinajstić information content (AvgIpc) is 3.65. The van der Waals surface area contributed by atoms with Crippen LogP contribution in [-0.4, -0.2) is 66.2 Å². The summed E-state index contributed by atoms with van der Waals surface area (Å²) in [4.78, 5) is 37.4. The number of piperazine rings is 1. The molecule has 0 aromatic heterocycles. The van der Waals surface area contributed by atoms with Crippen LogP contribution in [0.4, 0.5) is 18.9 Å². The quantitative estimate of drug-likeness (QED) is 0.300. The molecule has 1 saturated heterocycles. The summed E-state index contributed by atoms with van der Waals surface area (Å²) in [6.45, 7) is -0.307. The molecule has 1 atom stereocenters. The number of carbonyl (C=O) groups excluding carboxylic acids is 2. The Balaban J connectivity index is 1.59. The van der Waals surface area contributed by atoms with Crippen LogP contribution in [0.5, 0.6) is 0 Å². The second-order valence-corrected chi connectivity index (χ2v) is 10.7. The number of ether oxygens (including phenoxy) is 1. The highest BCUT2D eigenvalue weighted by Gasteiger charge is 2.63. The Kier molecular flexibility index (Phi) is 6.75. The molecule has 0 N–H and O–H groups in total. The number of amides is 1. The maximum atomic E-state index is 13.6. The van der Waals surface area contributed by atoms with Crippen LogP contribution in [0.3, 0.4) is 0 Å². The van der Waals surface area contributed by atoms with Gasteiger partial charge < -0.3 is 9.64 Å². The molecule has 2 fully saturated rings. The summed E-state index contributed by atoms with van der Waals surface area (Å²) < 4.78 is 71.3. The SMILES string of the molecule is COC(=O)[C@H](Cc1ccc(C(F)(F)F)cc1)N1CCN(S(=O)(=O)c2ccc([N+](=O)[O-])cc2)C2(CC2)C1=O. The van der Waals surface area contributed by atoms with Crippen molar-refractivity contribution in [2.24, 2.45) is 0 Å². The first kappa shape index (κ1) is 26.5. The van der Waals surface area contributed by atoms with Crippen LogP contribution in [-0.2, 0) is 36.9 Å². The Morgan fingerprint density at radius 2 is 1.70 bits per heavy atom. The van der Waals surface area contributed by atoms with Crippen molar-refractivity contribution in [2.75, 3.05) is 20.2 Å². The Bertz CT molecular complexity index is 1320. The zero-order chi connectivity index (χ0) is 27.2. The normalized spacial score (nSPS) is 18.5. The molecule has 198 valence electrons. The number of hydrogen-bond donors (Lipinski definition) is 0. The number of halogens is 3. The van der Waals surface area contributed by atoms with Gasteiger partial charge in [-0.15, -0.1) is 0 Å². The first-order valence-electron chi connectivity index (χ1n) is 11.1. The standard InChI is InChI=1S/C23H22F3N3O7S/c1-36-20(30)19(14-15-2-4-16(5-3-15)23(24,25)26)27-12-13-28(22(10-11-22)21(27)31)37(34,35)18-8-6-17(7-9-18)29(32)33/h2-9,19H,10-14H2,1H3/t19-/m0/s1. The minimum atomic E-state index is -4.53. The van der Waals surface area contributed by atoms with Crippen LogP contribution in [0.1, 0.15) is 24.0 Å². The molecule has 0 bridgehead atoms. The molecule has 1 aliphatic carbocycles. The van der Waals surface area contributed by atoms with E-state index in [2.05, 4.69) is 0 Å². The second kappa shape index (κ2) is 9.41. The highest BCUT2D eigenvalue weighted by atomic mass is 32.2. The third-order valence-corrected chi connectivity index (χ3v) is 8.58. The van der Waals surface area contributed by atoms with E-state index in [4.69, 9.17) is 4.74 Å². The van der Waals surface area contributed by atoms with Gasteiger partial charge in [0.15, 0.2) is 0 Å². The van der Waals surface area contributed by atoms with Crippen LogP contribution in [0.25, 0.3) is 0 Å². The molecule has 1 aliphatic heterocycles. The lowest BCUT2D eigenvalue weighted by atomic mass is 10.0. The molecule has 1 spiro atoms. The predicted octanol–water partition coefficient (Wildman–Crippen LogP) is 2.76. The zero-order valence-electron chi connectivity index (χ0n) is 19.5. The lowest BCUT2D eigenvalue weighted by Crippen LogP contribution is -2.64. The van der Waals surface area contributed by atoms with E-state index >= 15 is 0 Å². The highest BCUT2D eigenvalue weighted by molar-refractivity contribution is 7.89. The maximum absolute atomic E-state index is 13.6. The number of hydrogen-bond acceptors (Lipinski definition) is 7. The van der Waals surface area contributed by atoms with Crippen molar-refractivity contribution >= 4 is 27.6 Å². The van der Waals surface area contributed by atoms with Crippen LogP contribution in [0, 0.1) is 10.1 Å². The number of nitrogens with zero attached hydrogens (tertiary/aromatic N) is 3. The molecule has 10 nitrogen and oxygen atoms in total. The molecule has 2 aromatic carbocycles. The topological polar surface area (TPSA) is 127 Å². The fraction of sp³-hybridized carbons (Fsp3) is 0.391. The smallest absolute Gasteiger partial charge is 0.416 e. The summed E-state index contributed by atoms with van der Waals surface area (Å²) in [5, 5.41) is 10.9. The van der Waals surface area contributed by atoms with Crippen LogP contribution in [0.15, 0.2) is 53.4 Å². The molecule has 4 rings (SSSR count). The lowest BCUT2D eigenvalue weighted by Gasteiger charge is -2.42. The van der Waals surface area contributed by atoms with Crippen molar-refractivity contribution < 1.29 is 40.8 Å². The molecular formula is C23H22F3N3O7S. The van der Waals surface area contributed by atoms with Gasteiger partial charge in [-0.25, -0.2) is 13.2 Å². The predicted molar refractivity (Wildman–Crippen MR) is 122 cm³/mol. The monoisotopic (exact) mass is 541 g/mol. The van der Waals surface area contributed by atoms with Crippen molar-refractivity contribution in [1.82, 2.24) is 9.21 Å². The van der Waals surface area contributed by atoms with Crippen LogP contribution >= 0.6 is 0 Å². The number of methoxy groups -OCH3 is 1. The molecule has 14 heteroatoms. The van der Waals surface area contributed by atoms with E-state index < -0.39 is 50.1 Å². The van der Waals surface area contributed by atoms with E-state index in [0.29, 0.717) is 5.56 Å². The van der Waals surface area contributed by atoms with E-state index in [1.165, 1.54) is 17.0 Å². The van der Waals surface area contributed by atoms with E-state index in [9.17, 15) is 41.3 Å². The minimum Gasteiger partial charge on any atom is -0.467 e. The van der Waals surface area contributed by atoms with Gasteiger partial charge in [0.25, 0.3) is 5.69 Å². The largest absolute Gasteiger partial charge is 0.467 e. The third kappa shape index (κ3) is 4.90. The third-order valence-electron chi connectivity index (χ3n) is 6.60. The summed E-state index contributed by atoms with van der Waals surface area (Å²) in [5.41, 5.74) is -2.19. The van der Waals surface area contributed by atoms with Gasteiger partial charge >= 0.3 is 12.1 Å². The van der Waals surface area contributed by atoms with Crippen LogP contribution < -0.4 is 0 Å². The van der Waals surface area contributed by atoms with Gasteiger partial charge in [-0.3, -0.25) is 14.9 Å². The van der Waals surface area contributed by atoms with E-state index in [0.717, 1.165) is 47.8 Å². The second-order valence-electron chi connectivity index (χ2n) is 8.80. The van der Waals surface area contributed by atoms with Gasteiger partial charge in [0.2, 0.25) is 15.9 Å². The molecule has 0 radical (unpaired) electrons. The Morgan fingerprint density at radius 3 is 2.19 bits per heavy atom. The summed E-state index contributed by atoms with van der Waals surface area (Å²) in [6, 6.07) is 7.33. The Hall–Kier alpha value is -3.52. The Morgan fingerprint density at radius 1 is 1.11 bits per heavy atom. The summed E-state index contributed by atoms with van der Waals surface area (Å²) in [7, 11) is -3.07. The molecule has 0 unspecified atom stereocenters.